The van der Waals surface area contributed by atoms with Gasteiger partial charge in [0.1, 0.15) is 11.6 Å². The van der Waals surface area contributed by atoms with Crippen LogP contribution in [0.2, 0.25) is 5.02 Å². The van der Waals surface area contributed by atoms with Crippen molar-refractivity contribution in [2.45, 2.75) is 6.42 Å². The summed E-state index contributed by atoms with van der Waals surface area (Å²) in [6.45, 7) is 0.710. The molecule has 0 amide bonds. The fourth-order valence-electron chi connectivity index (χ4n) is 2.13. The number of nitrogens with zero attached hydrogens (tertiary/aromatic N) is 3. The molecule has 5 nitrogen and oxygen atoms in total. The second kappa shape index (κ2) is 9.66. The Morgan fingerprint density at radius 1 is 1.15 bits per heavy atom. The summed E-state index contributed by atoms with van der Waals surface area (Å²) in [4.78, 5) is 12.6. The molecule has 0 atom stereocenters. The Morgan fingerprint density at radius 2 is 1.92 bits per heavy atom. The van der Waals surface area contributed by atoms with E-state index in [-0.39, 0.29) is 17.4 Å². The zero-order valence-electron chi connectivity index (χ0n) is 13.4. The molecular weight excluding hydrogens is 444 g/mol. The molecule has 0 radical (unpaired) electrons. The summed E-state index contributed by atoms with van der Waals surface area (Å²) in [5.41, 5.74) is 1.79. The molecule has 1 aromatic carbocycles. The molecule has 26 heavy (non-hydrogen) atoms. The first kappa shape index (κ1) is 20.4. The topological polar surface area (TPSA) is 62.7 Å². The van der Waals surface area contributed by atoms with Gasteiger partial charge in [0.15, 0.2) is 0 Å². The van der Waals surface area contributed by atoms with Crippen LogP contribution in [-0.4, -0.2) is 21.5 Å². The number of anilines is 3. The number of halogens is 4. The number of hydrogen-bond acceptors (Lipinski definition) is 5. The van der Waals surface area contributed by atoms with Gasteiger partial charge in [0, 0.05) is 30.8 Å². The summed E-state index contributed by atoms with van der Waals surface area (Å²) >= 11 is 9.21. The number of nitrogens with one attached hydrogen (secondary N) is 2. The summed E-state index contributed by atoms with van der Waals surface area (Å²) < 4.78 is 14.0. The van der Waals surface area contributed by atoms with Gasteiger partial charge in [-0.15, -0.1) is 12.4 Å². The van der Waals surface area contributed by atoms with Crippen LogP contribution < -0.4 is 10.6 Å². The monoisotopic (exact) mass is 457 g/mol. The van der Waals surface area contributed by atoms with E-state index in [4.69, 9.17) is 11.6 Å². The number of hydrogen-bond donors (Lipinski definition) is 2. The van der Waals surface area contributed by atoms with Gasteiger partial charge in [-0.05, 0) is 58.2 Å². The van der Waals surface area contributed by atoms with Crippen molar-refractivity contribution in [3.05, 3.63) is 69.8 Å². The van der Waals surface area contributed by atoms with Crippen molar-refractivity contribution in [1.82, 2.24) is 15.0 Å². The van der Waals surface area contributed by atoms with Crippen LogP contribution in [0.3, 0.4) is 0 Å². The van der Waals surface area contributed by atoms with Crippen LogP contribution in [0.5, 0.6) is 0 Å². The zero-order chi connectivity index (χ0) is 17.6. The Morgan fingerprint density at radius 3 is 2.65 bits per heavy atom. The van der Waals surface area contributed by atoms with E-state index in [1.807, 2.05) is 12.1 Å². The highest BCUT2D eigenvalue weighted by Gasteiger charge is 2.07. The van der Waals surface area contributed by atoms with Gasteiger partial charge in [0.05, 0.1) is 9.50 Å². The molecule has 9 heteroatoms. The van der Waals surface area contributed by atoms with Gasteiger partial charge in [0.25, 0.3) is 0 Å². The first-order chi connectivity index (χ1) is 12.1. The van der Waals surface area contributed by atoms with E-state index in [9.17, 15) is 4.39 Å². The van der Waals surface area contributed by atoms with Gasteiger partial charge in [-0.3, -0.25) is 4.98 Å². The van der Waals surface area contributed by atoms with Crippen molar-refractivity contribution in [2.24, 2.45) is 0 Å². The molecule has 2 N–H and O–H groups in total. The Bertz CT molecular complexity index is 867. The average molecular weight is 459 g/mol. The predicted octanol–water partition coefficient (Wildman–Crippen LogP) is 5.25. The predicted molar refractivity (Wildman–Crippen MR) is 108 cm³/mol. The van der Waals surface area contributed by atoms with E-state index in [1.54, 1.807) is 24.7 Å². The number of aromatic nitrogens is 3. The third-order valence-electron chi connectivity index (χ3n) is 3.38. The Labute approximate surface area is 170 Å². The van der Waals surface area contributed by atoms with Crippen LogP contribution in [0.25, 0.3) is 0 Å². The maximum atomic E-state index is 13.2. The van der Waals surface area contributed by atoms with Crippen molar-refractivity contribution >= 4 is 57.4 Å². The molecule has 2 heterocycles. The minimum atomic E-state index is -0.470. The number of pyridine rings is 1. The Balaban J connectivity index is 0.00000243. The lowest BCUT2D eigenvalue weighted by Crippen LogP contribution is -2.08. The highest BCUT2D eigenvalue weighted by atomic mass is 79.9. The maximum Gasteiger partial charge on any atom is 0.229 e. The number of rotatable bonds is 6. The number of benzene rings is 1. The Hall–Kier alpha value is -1.96. The van der Waals surface area contributed by atoms with Crippen LogP contribution in [0, 0.1) is 5.82 Å². The third kappa shape index (κ3) is 5.52. The van der Waals surface area contributed by atoms with E-state index in [1.165, 1.54) is 17.7 Å². The summed E-state index contributed by atoms with van der Waals surface area (Å²) in [6, 6.07) is 8.29. The van der Waals surface area contributed by atoms with E-state index in [2.05, 4.69) is 41.5 Å². The maximum absolute atomic E-state index is 13.2. The van der Waals surface area contributed by atoms with Crippen molar-refractivity contribution in [1.29, 1.82) is 0 Å². The minimum absolute atomic E-state index is 0. The van der Waals surface area contributed by atoms with Gasteiger partial charge in [0.2, 0.25) is 5.95 Å². The van der Waals surface area contributed by atoms with Gasteiger partial charge in [-0.2, -0.15) is 4.98 Å². The van der Waals surface area contributed by atoms with E-state index in [0.29, 0.717) is 24.0 Å². The van der Waals surface area contributed by atoms with E-state index < -0.39 is 5.82 Å². The van der Waals surface area contributed by atoms with E-state index in [0.717, 1.165) is 10.9 Å². The van der Waals surface area contributed by atoms with Crippen molar-refractivity contribution in [2.75, 3.05) is 17.2 Å². The first-order valence-corrected chi connectivity index (χ1v) is 8.66. The standard InChI is InChI=1S/C17H14BrClFN5.ClH/c18-13-10-23-17(24-12-1-2-15(20)14(19)9-12)25-16(13)22-8-5-11-3-6-21-7-4-11;/h1-4,6-7,9-10H,5,8H2,(H2,22,23,24,25);1H. The lowest BCUT2D eigenvalue weighted by Gasteiger charge is -2.10. The summed E-state index contributed by atoms with van der Waals surface area (Å²) in [7, 11) is 0. The van der Waals surface area contributed by atoms with Gasteiger partial charge in [-0.25, -0.2) is 9.37 Å². The fraction of sp³-hybridized carbons (Fsp3) is 0.118. The van der Waals surface area contributed by atoms with Crippen LogP contribution >= 0.6 is 39.9 Å². The lowest BCUT2D eigenvalue weighted by molar-refractivity contribution is 0.628. The van der Waals surface area contributed by atoms with Crippen molar-refractivity contribution < 1.29 is 4.39 Å². The molecule has 3 aromatic rings. The molecule has 0 saturated heterocycles. The van der Waals surface area contributed by atoms with Crippen molar-refractivity contribution in [3.8, 4) is 0 Å². The van der Waals surface area contributed by atoms with Crippen molar-refractivity contribution in [3.63, 3.8) is 0 Å². The van der Waals surface area contributed by atoms with Gasteiger partial charge < -0.3 is 10.6 Å². The molecule has 0 aliphatic carbocycles. The molecule has 136 valence electrons. The quantitative estimate of drug-likeness (QED) is 0.528. The molecule has 0 saturated carbocycles. The first-order valence-electron chi connectivity index (χ1n) is 7.49. The molecule has 3 rings (SSSR count). The van der Waals surface area contributed by atoms with Crippen LogP contribution in [0.1, 0.15) is 5.56 Å². The molecular formula is C17H15BrCl2FN5. The second-order valence-electron chi connectivity index (χ2n) is 5.18. The molecule has 0 aliphatic rings. The largest absolute Gasteiger partial charge is 0.369 e. The average Bonchev–Trinajstić information content (AvgIpc) is 2.62. The summed E-state index contributed by atoms with van der Waals surface area (Å²) in [6.07, 6.45) is 6.03. The zero-order valence-corrected chi connectivity index (χ0v) is 16.6. The third-order valence-corrected chi connectivity index (χ3v) is 4.25. The molecule has 0 fully saturated rings. The van der Waals surface area contributed by atoms with E-state index >= 15 is 0 Å². The van der Waals surface area contributed by atoms with Gasteiger partial charge in [-0.1, -0.05) is 11.6 Å². The Kier molecular flexibility index (Phi) is 7.56. The highest BCUT2D eigenvalue weighted by molar-refractivity contribution is 9.10. The highest BCUT2D eigenvalue weighted by Crippen LogP contribution is 2.24. The smallest absolute Gasteiger partial charge is 0.229 e. The summed E-state index contributed by atoms with van der Waals surface area (Å²) in [5.74, 6) is 0.583. The summed E-state index contributed by atoms with van der Waals surface area (Å²) in [5, 5.41) is 6.31. The van der Waals surface area contributed by atoms with Crippen LogP contribution in [0.4, 0.5) is 21.8 Å². The molecule has 0 bridgehead atoms. The molecule has 0 spiro atoms. The normalized spacial score (nSPS) is 10.1. The molecule has 2 aromatic heterocycles. The SMILES string of the molecule is Cl.Fc1ccc(Nc2ncc(Br)c(NCCc3ccncc3)n2)cc1Cl. The fourth-order valence-corrected chi connectivity index (χ4v) is 2.64. The lowest BCUT2D eigenvalue weighted by atomic mass is 10.2. The van der Waals surface area contributed by atoms with Crippen LogP contribution in [0.15, 0.2) is 53.4 Å². The van der Waals surface area contributed by atoms with Gasteiger partial charge >= 0.3 is 0 Å². The van der Waals surface area contributed by atoms with Crippen LogP contribution in [-0.2, 0) is 6.42 Å². The minimum Gasteiger partial charge on any atom is -0.369 e. The molecule has 0 aliphatic heterocycles. The second-order valence-corrected chi connectivity index (χ2v) is 6.44. The molecule has 0 unspecified atom stereocenters.